The van der Waals surface area contributed by atoms with Crippen molar-refractivity contribution in [2.24, 2.45) is 5.92 Å². The minimum absolute atomic E-state index is 0.133. The van der Waals surface area contributed by atoms with Crippen LogP contribution in [0.5, 0.6) is 0 Å². The van der Waals surface area contributed by atoms with Gasteiger partial charge in [0, 0.05) is 32.4 Å². The molecule has 36 heavy (non-hydrogen) atoms. The quantitative estimate of drug-likeness (QED) is 0.564. The Morgan fingerprint density at radius 2 is 1.72 bits per heavy atom. The molecule has 0 saturated carbocycles. The second-order valence-electron chi connectivity index (χ2n) is 8.52. The highest BCUT2D eigenvalue weighted by molar-refractivity contribution is 5.73. The van der Waals surface area contributed by atoms with Crippen molar-refractivity contribution >= 4 is 11.9 Å². The fraction of sp³-hybridized carbons (Fsp3) is 0.667. The van der Waals surface area contributed by atoms with Crippen molar-refractivity contribution in [1.82, 2.24) is 14.8 Å². The van der Waals surface area contributed by atoms with E-state index in [1.807, 2.05) is 18.3 Å². The minimum atomic E-state index is -5.08. The van der Waals surface area contributed by atoms with Gasteiger partial charge in [0.1, 0.15) is 5.60 Å². The number of pyridine rings is 1. The van der Waals surface area contributed by atoms with Crippen LogP contribution in [0.2, 0.25) is 0 Å². The van der Waals surface area contributed by atoms with Gasteiger partial charge in [0.2, 0.25) is 0 Å². The van der Waals surface area contributed by atoms with Gasteiger partial charge in [0.15, 0.2) is 0 Å². The average molecular weight is 533 g/mol. The summed E-state index contributed by atoms with van der Waals surface area (Å²) in [6.07, 6.45) is -7.22. The normalized spacial score (nSPS) is 22.8. The first kappa shape index (κ1) is 31.5. The first-order valence-corrected chi connectivity index (χ1v) is 10.6. The number of halogens is 6. The number of carbonyl (C=O) groups is 2. The third-order valence-electron chi connectivity index (χ3n) is 4.93. The Labute approximate surface area is 203 Å². The highest BCUT2D eigenvalue weighted by Gasteiger charge is 2.43. The molecule has 0 aromatic carbocycles. The number of hydrogen-bond acceptors (Lipinski definition) is 7. The number of carboxylic acids is 2. The molecule has 2 unspecified atom stereocenters. The SMILES string of the molecule is CN(C)CC1COC2(COCCN(Cc3ccccn3)C2)C1.O=C(O)C(F)(F)F.O=C(O)C(F)(F)F. The highest BCUT2D eigenvalue weighted by atomic mass is 19.4. The molecule has 15 heteroatoms. The maximum atomic E-state index is 10.6. The topological polar surface area (TPSA) is 112 Å². The third-order valence-corrected chi connectivity index (χ3v) is 4.93. The lowest BCUT2D eigenvalue weighted by Crippen LogP contribution is -2.44. The Bertz CT molecular complexity index is 801. The molecule has 2 atom stereocenters. The second-order valence-corrected chi connectivity index (χ2v) is 8.52. The van der Waals surface area contributed by atoms with E-state index in [4.69, 9.17) is 29.3 Å². The lowest BCUT2D eigenvalue weighted by molar-refractivity contribution is -0.193. The Balaban J connectivity index is 0.000000383. The van der Waals surface area contributed by atoms with Crippen LogP contribution in [0.25, 0.3) is 0 Å². The summed E-state index contributed by atoms with van der Waals surface area (Å²) in [7, 11) is 4.25. The smallest absolute Gasteiger partial charge is 0.475 e. The zero-order chi connectivity index (χ0) is 27.6. The Kier molecular flexibility index (Phi) is 12.0. The van der Waals surface area contributed by atoms with Crippen LogP contribution < -0.4 is 0 Å². The molecule has 3 rings (SSSR count). The molecule has 1 aromatic heterocycles. The standard InChI is InChI=1S/C17H27N3O2.2C2HF3O2/c1-19(2)10-15-9-17(22-12-15)13-20(7-8-21-14-17)11-16-5-3-4-6-18-16;2*3-2(4,5)1(6)7/h3-6,15H,7-14H2,1-2H3;2*(H,6,7). The van der Waals surface area contributed by atoms with E-state index in [1.54, 1.807) is 0 Å². The van der Waals surface area contributed by atoms with Gasteiger partial charge >= 0.3 is 24.3 Å². The second kappa shape index (κ2) is 13.7. The van der Waals surface area contributed by atoms with Gasteiger partial charge in [-0.05, 0) is 38.6 Å². The van der Waals surface area contributed by atoms with E-state index >= 15 is 0 Å². The van der Waals surface area contributed by atoms with Crippen LogP contribution >= 0.6 is 0 Å². The third kappa shape index (κ3) is 12.0. The molecule has 2 aliphatic heterocycles. The van der Waals surface area contributed by atoms with Crippen molar-refractivity contribution in [3.05, 3.63) is 30.1 Å². The van der Waals surface area contributed by atoms with Crippen LogP contribution in [-0.4, -0.2) is 108 Å². The van der Waals surface area contributed by atoms with E-state index in [-0.39, 0.29) is 5.60 Å². The van der Waals surface area contributed by atoms with Crippen molar-refractivity contribution in [3.63, 3.8) is 0 Å². The summed E-state index contributed by atoms with van der Waals surface area (Å²) in [6.45, 7) is 6.17. The summed E-state index contributed by atoms with van der Waals surface area (Å²) in [6, 6.07) is 6.09. The van der Waals surface area contributed by atoms with Crippen molar-refractivity contribution in [2.75, 3.05) is 53.6 Å². The summed E-state index contributed by atoms with van der Waals surface area (Å²) in [4.78, 5) is 26.9. The monoisotopic (exact) mass is 533 g/mol. The minimum Gasteiger partial charge on any atom is -0.475 e. The van der Waals surface area contributed by atoms with E-state index < -0.39 is 24.3 Å². The fourth-order valence-corrected chi connectivity index (χ4v) is 3.62. The molecule has 0 bridgehead atoms. The van der Waals surface area contributed by atoms with Gasteiger partial charge in [-0.25, -0.2) is 9.59 Å². The van der Waals surface area contributed by atoms with E-state index in [2.05, 4.69) is 34.9 Å². The number of rotatable bonds is 4. The molecule has 0 aliphatic carbocycles. The molecule has 2 aliphatic rings. The number of ether oxygens (including phenoxy) is 2. The molecule has 0 amide bonds. The lowest BCUT2D eigenvalue weighted by atomic mass is 9.94. The van der Waals surface area contributed by atoms with Crippen molar-refractivity contribution in [1.29, 1.82) is 0 Å². The van der Waals surface area contributed by atoms with Gasteiger partial charge in [0.25, 0.3) is 0 Å². The summed E-state index contributed by atoms with van der Waals surface area (Å²) >= 11 is 0. The van der Waals surface area contributed by atoms with Gasteiger partial charge in [0.05, 0.1) is 25.5 Å². The summed E-state index contributed by atoms with van der Waals surface area (Å²) in [5.74, 6) is -4.91. The molecular formula is C21H29F6N3O6. The van der Waals surface area contributed by atoms with Crippen LogP contribution in [0.15, 0.2) is 24.4 Å². The van der Waals surface area contributed by atoms with Crippen LogP contribution in [0.1, 0.15) is 12.1 Å². The number of alkyl halides is 6. The lowest BCUT2D eigenvalue weighted by Gasteiger charge is -2.31. The Morgan fingerprint density at radius 3 is 2.19 bits per heavy atom. The number of nitrogens with zero attached hydrogens (tertiary/aromatic N) is 3. The molecule has 206 valence electrons. The predicted molar refractivity (Wildman–Crippen MR) is 113 cm³/mol. The van der Waals surface area contributed by atoms with Crippen molar-refractivity contribution in [2.45, 2.75) is 30.9 Å². The van der Waals surface area contributed by atoms with Crippen molar-refractivity contribution in [3.8, 4) is 0 Å². The average Bonchev–Trinajstić information content (AvgIpc) is 3.01. The van der Waals surface area contributed by atoms with E-state index in [0.717, 1.165) is 58.1 Å². The first-order valence-electron chi connectivity index (χ1n) is 10.6. The molecule has 3 heterocycles. The predicted octanol–water partition coefficient (Wildman–Crippen LogP) is 2.52. The summed E-state index contributed by atoms with van der Waals surface area (Å²) < 4.78 is 75.6. The van der Waals surface area contributed by atoms with Gasteiger partial charge in [-0.3, -0.25) is 9.88 Å². The van der Waals surface area contributed by atoms with Gasteiger partial charge in [-0.1, -0.05) is 6.07 Å². The summed E-state index contributed by atoms with van der Waals surface area (Å²) in [5, 5.41) is 14.2. The number of hydrogen-bond donors (Lipinski definition) is 2. The fourth-order valence-electron chi connectivity index (χ4n) is 3.62. The number of aliphatic carboxylic acids is 2. The van der Waals surface area contributed by atoms with Crippen LogP contribution in [-0.2, 0) is 25.6 Å². The van der Waals surface area contributed by atoms with E-state index in [9.17, 15) is 26.3 Å². The molecule has 1 spiro atoms. The van der Waals surface area contributed by atoms with Crippen LogP contribution in [0.4, 0.5) is 26.3 Å². The molecular weight excluding hydrogens is 504 g/mol. The van der Waals surface area contributed by atoms with Crippen LogP contribution in [0.3, 0.4) is 0 Å². The molecule has 9 nitrogen and oxygen atoms in total. The molecule has 2 fully saturated rings. The van der Waals surface area contributed by atoms with E-state index in [1.165, 1.54) is 0 Å². The van der Waals surface area contributed by atoms with Gasteiger partial charge in [-0.2, -0.15) is 26.3 Å². The molecule has 2 N–H and O–H groups in total. The maximum Gasteiger partial charge on any atom is 0.490 e. The van der Waals surface area contributed by atoms with Gasteiger partial charge in [-0.15, -0.1) is 0 Å². The zero-order valence-corrected chi connectivity index (χ0v) is 19.7. The number of carboxylic acid groups (broad SMARTS) is 2. The largest absolute Gasteiger partial charge is 0.490 e. The van der Waals surface area contributed by atoms with Crippen LogP contribution in [0, 0.1) is 5.92 Å². The summed E-state index contributed by atoms with van der Waals surface area (Å²) in [5.41, 5.74) is 0.980. The molecule has 1 aromatic rings. The molecule has 2 saturated heterocycles. The molecule has 0 radical (unpaired) electrons. The zero-order valence-electron chi connectivity index (χ0n) is 19.7. The van der Waals surface area contributed by atoms with Crippen molar-refractivity contribution < 1.29 is 55.6 Å². The van der Waals surface area contributed by atoms with Gasteiger partial charge < -0.3 is 24.6 Å². The Morgan fingerprint density at radius 1 is 1.14 bits per heavy atom. The maximum absolute atomic E-state index is 10.6. The first-order chi connectivity index (χ1) is 16.5. The highest BCUT2D eigenvalue weighted by Crippen LogP contribution is 2.33. The number of aromatic nitrogens is 1. The van der Waals surface area contributed by atoms with E-state index in [0.29, 0.717) is 5.92 Å². The Hall–Kier alpha value is -2.49.